The Balaban J connectivity index is 1.14. The van der Waals surface area contributed by atoms with Crippen LogP contribution in [0.15, 0.2) is 91.3 Å². The molecule has 2 aliphatic heterocycles. The Labute approximate surface area is 210 Å². The summed E-state index contributed by atoms with van der Waals surface area (Å²) in [6.07, 6.45) is 6.40. The van der Waals surface area contributed by atoms with Crippen LogP contribution in [0.2, 0.25) is 0 Å². The Morgan fingerprint density at radius 1 is 0.917 bits per heavy atom. The molecule has 36 heavy (non-hydrogen) atoms. The fourth-order valence-corrected chi connectivity index (χ4v) is 6.15. The van der Waals surface area contributed by atoms with Crippen LogP contribution < -0.4 is 0 Å². The van der Waals surface area contributed by atoms with Gasteiger partial charge in [0.15, 0.2) is 0 Å². The van der Waals surface area contributed by atoms with Crippen molar-refractivity contribution < 1.29 is 14.3 Å². The lowest BCUT2D eigenvalue weighted by molar-refractivity contribution is -0.0331. The van der Waals surface area contributed by atoms with E-state index in [0.29, 0.717) is 19.8 Å². The molecule has 1 amide bonds. The predicted octanol–water partition coefficient (Wildman–Crippen LogP) is 6.04. The molecule has 3 heterocycles. The van der Waals surface area contributed by atoms with Crippen LogP contribution in [-0.2, 0) is 9.47 Å². The number of fused-ring (bicyclic) bond motifs is 6. The quantitative estimate of drug-likeness (QED) is 0.363. The van der Waals surface area contributed by atoms with Gasteiger partial charge in [-0.25, -0.2) is 4.79 Å². The second-order valence-corrected chi connectivity index (χ2v) is 9.77. The number of ether oxygens (including phenoxy) is 2. The number of nitrogens with zero attached hydrogens (tertiary/aromatic N) is 2. The maximum atomic E-state index is 13.5. The van der Waals surface area contributed by atoms with Crippen molar-refractivity contribution in [1.82, 2.24) is 9.88 Å². The van der Waals surface area contributed by atoms with E-state index in [9.17, 15) is 4.79 Å². The third-order valence-electron chi connectivity index (χ3n) is 7.77. The Bertz CT molecular complexity index is 1460. The van der Waals surface area contributed by atoms with Crippen molar-refractivity contribution in [2.75, 3.05) is 19.8 Å². The maximum Gasteiger partial charge on any atom is 0.410 e. The number of pyridine rings is 1. The summed E-state index contributed by atoms with van der Waals surface area (Å²) in [5.41, 5.74) is 7.37. The molecule has 4 aromatic rings. The van der Waals surface area contributed by atoms with E-state index in [-0.39, 0.29) is 24.1 Å². The molecule has 5 heteroatoms. The Hall–Kier alpha value is -3.96. The molecule has 1 aliphatic carbocycles. The van der Waals surface area contributed by atoms with Gasteiger partial charge in [0.2, 0.25) is 0 Å². The van der Waals surface area contributed by atoms with E-state index in [1.165, 1.54) is 38.8 Å². The summed E-state index contributed by atoms with van der Waals surface area (Å²) in [7, 11) is 0. The summed E-state index contributed by atoms with van der Waals surface area (Å²) < 4.78 is 11.9. The van der Waals surface area contributed by atoms with E-state index < -0.39 is 0 Å². The van der Waals surface area contributed by atoms with Crippen LogP contribution in [0.5, 0.6) is 0 Å². The van der Waals surface area contributed by atoms with Crippen LogP contribution in [0.4, 0.5) is 4.79 Å². The van der Waals surface area contributed by atoms with Gasteiger partial charge in [-0.3, -0.25) is 9.88 Å². The number of aromatic nitrogens is 1. The third kappa shape index (κ3) is 3.42. The van der Waals surface area contributed by atoms with Crippen molar-refractivity contribution in [3.05, 3.63) is 108 Å². The van der Waals surface area contributed by atoms with Gasteiger partial charge in [-0.05, 0) is 51.3 Å². The lowest BCUT2D eigenvalue weighted by Crippen LogP contribution is -2.56. The second kappa shape index (κ2) is 8.61. The van der Waals surface area contributed by atoms with Crippen LogP contribution in [0.25, 0.3) is 27.5 Å². The van der Waals surface area contributed by atoms with E-state index in [4.69, 9.17) is 9.47 Å². The van der Waals surface area contributed by atoms with Crippen molar-refractivity contribution >= 4 is 22.4 Å². The van der Waals surface area contributed by atoms with Gasteiger partial charge in [-0.1, -0.05) is 72.8 Å². The van der Waals surface area contributed by atoms with Crippen molar-refractivity contribution in [2.45, 2.75) is 24.4 Å². The highest BCUT2D eigenvalue weighted by molar-refractivity contribution is 5.94. The van der Waals surface area contributed by atoms with Gasteiger partial charge in [-0.2, -0.15) is 0 Å². The van der Waals surface area contributed by atoms with Gasteiger partial charge >= 0.3 is 6.09 Å². The lowest BCUT2D eigenvalue weighted by Gasteiger charge is -2.44. The molecule has 0 N–H and O–H groups in total. The highest BCUT2D eigenvalue weighted by Gasteiger charge is 2.40. The Morgan fingerprint density at radius 3 is 2.44 bits per heavy atom. The first-order chi connectivity index (χ1) is 17.8. The predicted molar refractivity (Wildman–Crippen MR) is 140 cm³/mol. The molecule has 2 bridgehead atoms. The first-order valence-corrected chi connectivity index (χ1v) is 12.5. The zero-order chi connectivity index (χ0) is 24.1. The molecule has 178 valence electrons. The highest BCUT2D eigenvalue weighted by atomic mass is 16.6. The monoisotopic (exact) mass is 474 g/mol. The number of carbonyl (C=O) groups excluding carboxylic acids is 1. The molecule has 0 spiro atoms. The minimum Gasteiger partial charge on any atom is -0.448 e. The van der Waals surface area contributed by atoms with Crippen molar-refractivity contribution in [2.24, 2.45) is 0 Å². The van der Waals surface area contributed by atoms with E-state index in [0.717, 1.165) is 11.8 Å². The fraction of sp³-hybridized carbons (Fsp3) is 0.226. The van der Waals surface area contributed by atoms with Crippen molar-refractivity contribution in [3.63, 3.8) is 0 Å². The number of morpholine rings is 1. The van der Waals surface area contributed by atoms with Gasteiger partial charge in [0.25, 0.3) is 0 Å². The number of carbonyl (C=O) groups is 1. The summed E-state index contributed by atoms with van der Waals surface area (Å²) in [4.78, 5) is 19.6. The number of hydrogen-bond acceptors (Lipinski definition) is 4. The first-order valence-electron chi connectivity index (χ1n) is 12.5. The first kappa shape index (κ1) is 21.3. The summed E-state index contributed by atoms with van der Waals surface area (Å²) >= 11 is 0. The van der Waals surface area contributed by atoms with Crippen LogP contribution >= 0.6 is 0 Å². The van der Waals surface area contributed by atoms with E-state index >= 15 is 0 Å². The summed E-state index contributed by atoms with van der Waals surface area (Å²) in [5.74, 6) is 0.0534. The smallest absolute Gasteiger partial charge is 0.410 e. The van der Waals surface area contributed by atoms with Crippen molar-refractivity contribution in [3.8, 4) is 11.1 Å². The fourth-order valence-electron chi connectivity index (χ4n) is 6.15. The summed E-state index contributed by atoms with van der Waals surface area (Å²) in [6, 6.07) is 25.0. The molecule has 2 atom stereocenters. The number of benzene rings is 3. The zero-order valence-electron chi connectivity index (χ0n) is 19.8. The highest BCUT2D eigenvalue weighted by Crippen LogP contribution is 2.45. The van der Waals surface area contributed by atoms with E-state index in [2.05, 4.69) is 83.9 Å². The van der Waals surface area contributed by atoms with Crippen LogP contribution in [0.1, 0.15) is 29.0 Å². The Morgan fingerprint density at radius 2 is 1.67 bits per heavy atom. The molecule has 1 fully saturated rings. The molecule has 0 saturated carbocycles. The van der Waals surface area contributed by atoms with Crippen LogP contribution in [0.3, 0.4) is 0 Å². The molecule has 3 aromatic carbocycles. The summed E-state index contributed by atoms with van der Waals surface area (Å²) in [6.45, 7) is 1.33. The average Bonchev–Trinajstić information content (AvgIpc) is 3.24. The molecule has 1 saturated heterocycles. The minimum absolute atomic E-state index is 0.0449. The third-order valence-corrected chi connectivity index (χ3v) is 7.77. The van der Waals surface area contributed by atoms with Gasteiger partial charge in [0.1, 0.15) is 6.61 Å². The molecule has 0 radical (unpaired) electrons. The molecule has 1 aromatic heterocycles. The zero-order valence-corrected chi connectivity index (χ0v) is 19.8. The molecule has 7 rings (SSSR count). The maximum absolute atomic E-state index is 13.5. The SMILES string of the molecule is O=C(OCC1c2ccccc2-c2ccccc21)N1C2C=C(c3cccc4cnccc34)CC1COC2. The van der Waals surface area contributed by atoms with E-state index in [1.807, 2.05) is 17.3 Å². The average molecular weight is 475 g/mol. The number of rotatable bonds is 3. The van der Waals surface area contributed by atoms with E-state index in [1.54, 1.807) is 0 Å². The molecule has 3 aliphatic rings. The Kier molecular flexibility index (Phi) is 5.10. The molecular weight excluding hydrogens is 448 g/mol. The number of amides is 1. The van der Waals surface area contributed by atoms with Gasteiger partial charge in [0, 0.05) is 23.7 Å². The lowest BCUT2D eigenvalue weighted by atomic mass is 9.88. The van der Waals surface area contributed by atoms with Crippen LogP contribution in [-0.4, -0.2) is 47.9 Å². The van der Waals surface area contributed by atoms with Gasteiger partial charge in [-0.15, -0.1) is 0 Å². The largest absolute Gasteiger partial charge is 0.448 e. The molecular formula is C31H26N2O3. The normalized spacial score (nSPS) is 20.6. The molecule has 5 nitrogen and oxygen atoms in total. The minimum atomic E-state index is -0.257. The van der Waals surface area contributed by atoms with Gasteiger partial charge in [0.05, 0.1) is 25.3 Å². The molecule has 2 unspecified atom stereocenters. The van der Waals surface area contributed by atoms with Crippen molar-refractivity contribution in [1.29, 1.82) is 0 Å². The van der Waals surface area contributed by atoms with Gasteiger partial charge < -0.3 is 9.47 Å². The van der Waals surface area contributed by atoms with Crippen LogP contribution in [0, 0.1) is 0 Å². The standard InChI is InChI=1S/C31H26N2O3/c34-31(36-19-30-28-9-3-1-7-26(28)27-8-2-4-10-29(27)30)33-22-14-21(15-23(33)18-35-17-22)24-11-5-6-20-16-32-13-12-25(20)24/h1-14,16,22-23,30H,15,17-19H2. The second-order valence-electron chi connectivity index (χ2n) is 9.77. The topological polar surface area (TPSA) is 51.7 Å². The summed E-state index contributed by atoms with van der Waals surface area (Å²) in [5, 5.41) is 2.31. The number of hydrogen-bond donors (Lipinski definition) is 0.